The lowest BCUT2D eigenvalue weighted by Gasteiger charge is -2.36. The van der Waals surface area contributed by atoms with E-state index in [0.717, 1.165) is 18.4 Å². The fraction of sp³-hybridized carbons (Fsp3) is 0.571. The van der Waals surface area contributed by atoms with Crippen molar-refractivity contribution in [3.05, 3.63) is 63.7 Å². The molecule has 0 bridgehead atoms. The molecule has 2 aromatic rings. The fourth-order valence-electron chi connectivity index (χ4n) is 5.00. The third kappa shape index (κ3) is 9.07. The highest BCUT2D eigenvalue weighted by Crippen LogP contribution is 2.43. The molecule has 0 radical (unpaired) electrons. The smallest absolute Gasteiger partial charge is 0.292 e. The van der Waals surface area contributed by atoms with E-state index in [0.29, 0.717) is 5.75 Å². The summed E-state index contributed by atoms with van der Waals surface area (Å²) in [7, 11) is 0. The topological polar surface area (TPSA) is 89.4 Å². The molecule has 184 valence electrons. The Morgan fingerprint density at radius 3 is 1.73 bits per heavy atom. The van der Waals surface area contributed by atoms with Gasteiger partial charge < -0.3 is 10.8 Å². The zero-order valence-corrected chi connectivity index (χ0v) is 22.2. The summed E-state index contributed by atoms with van der Waals surface area (Å²) in [4.78, 5) is 9.64. The van der Waals surface area contributed by atoms with Gasteiger partial charge in [-0.05, 0) is 57.8 Å². The molecule has 0 heterocycles. The van der Waals surface area contributed by atoms with E-state index in [4.69, 9.17) is 5.73 Å². The number of nitrogens with two attached hydrogens (primary N) is 1. The normalized spacial score (nSPS) is 12.7. The third-order valence-corrected chi connectivity index (χ3v) is 5.59. The van der Waals surface area contributed by atoms with Crippen molar-refractivity contribution >= 4 is 11.4 Å². The maximum absolute atomic E-state index is 10.5. The lowest BCUT2D eigenvalue weighted by atomic mass is 9.68. The first-order valence-corrected chi connectivity index (χ1v) is 11.6. The van der Waals surface area contributed by atoms with E-state index >= 15 is 0 Å². The quantitative estimate of drug-likeness (QED) is 0.271. The molecule has 0 spiro atoms. The monoisotopic (exact) mass is 456 g/mol. The number of aromatic hydroxyl groups is 1. The first-order valence-electron chi connectivity index (χ1n) is 11.6. The molecule has 3 N–H and O–H groups in total. The Morgan fingerprint density at radius 2 is 1.30 bits per heavy atom. The van der Waals surface area contributed by atoms with Gasteiger partial charge in [0.2, 0.25) is 0 Å². The van der Waals surface area contributed by atoms with Crippen LogP contribution in [0.4, 0.5) is 11.4 Å². The van der Waals surface area contributed by atoms with Crippen molar-refractivity contribution in [3.8, 4) is 5.75 Å². The maximum Gasteiger partial charge on any atom is 0.292 e. The van der Waals surface area contributed by atoms with Crippen LogP contribution >= 0.6 is 0 Å². The van der Waals surface area contributed by atoms with E-state index in [1.165, 1.54) is 17.7 Å². The summed E-state index contributed by atoms with van der Waals surface area (Å²) in [6.45, 7) is 22.8. The number of phenolic OH excluding ortho intramolecular Hbond substituents is 1. The predicted octanol–water partition coefficient (Wildman–Crippen LogP) is 8.00. The molecule has 0 fully saturated rings. The van der Waals surface area contributed by atoms with Gasteiger partial charge in [0.15, 0.2) is 0 Å². The standard InChI is InChI=1S/C22H38O.C6H6N2O2/c1-19(2,3)14-21(7,8)16-11-12-18(23)17(13-16)22(9,10)15-20(4,5)6;7-5-3-1-2-4-6(5)8(9)10/h11-13,23H,14-15H2,1-10H3;1-4H,7H2. The fourth-order valence-corrected chi connectivity index (χ4v) is 5.00. The maximum atomic E-state index is 10.5. The Hall–Kier alpha value is -2.56. The summed E-state index contributed by atoms with van der Waals surface area (Å²) in [5.74, 6) is 0.426. The van der Waals surface area contributed by atoms with Crippen LogP contribution < -0.4 is 5.73 Å². The molecule has 2 aromatic carbocycles. The Bertz CT molecular complexity index is 948. The van der Waals surface area contributed by atoms with Crippen LogP contribution in [-0.2, 0) is 10.8 Å². The zero-order chi connectivity index (χ0) is 25.8. The van der Waals surface area contributed by atoms with Crippen molar-refractivity contribution in [1.29, 1.82) is 0 Å². The van der Waals surface area contributed by atoms with Gasteiger partial charge in [-0.1, -0.05) is 93.5 Å². The second kappa shape index (κ2) is 10.1. The molecule has 5 nitrogen and oxygen atoms in total. The van der Waals surface area contributed by atoms with Gasteiger partial charge in [-0.15, -0.1) is 0 Å². The number of nitro benzene ring substituents is 1. The second-order valence-electron chi connectivity index (χ2n) is 12.8. The zero-order valence-electron chi connectivity index (χ0n) is 22.2. The number of para-hydroxylation sites is 2. The van der Waals surface area contributed by atoms with Crippen LogP contribution in [-0.4, -0.2) is 10.0 Å². The van der Waals surface area contributed by atoms with Gasteiger partial charge in [0.1, 0.15) is 11.4 Å². The highest BCUT2D eigenvalue weighted by molar-refractivity contribution is 5.57. The summed E-state index contributed by atoms with van der Waals surface area (Å²) in [5.41, 5.74) is 8.40. The molecule has 5 heteroatoms. The Kier molecular flexibility index (Phi) is 8.76. The first kappa shape index (κ1) is 28.5. The Morgan fingerprint density at radius 1 is 0.818 bits per heavy atom. The molecule has 33 heavy (non-hydrogen) atoms. The molecule has 0 amide bonds. The average molecular weight is 457 g/mol. The molecule has 0 saturated carbocycles. The van der Waals surface area contributed by atoms with Gasteiger partial charge in [-0.2, -0.15) is 0 Å². The van der Waals surface area contributed by atoms with Crippen LogP contribution in [0.15, 0.2) is 42.5 Å². The van der Waals surface area contributed by atoms with Crippen LogP contribution in [0.1, 0.15) is 93.2 Å². The van der Waals surface area contributed by atoms with E-state index in [1.54, 1.807) is 12.1 Å². The minimum Gasteiger partial charge on any atom is -0.508 e. The van der Waals surface area contributed by atoms with Crippen molar-refractivity contribution in [2.75, 3.05) is 5.73 Å². The third-order valence-electron chi connectivity index (χ3n) is 5.59. The van der Waals surface area contributed by atoms with Crippen molar-refractivity contribution in [2.24, 2.45) is 10.8 Å². The van der Waals surface area contributed by atoms with E-state index in [-0.39, 0.29) is 33.0 Å². The summed E-state index contributed by atoms with van der Waals surface area (Å²) < 4.78 is 0. The molecule has 2 rings (SSSR count). The average Bonchev–Trinajstić information content (AvgIpc) is 2.58. The van der Waals surface area contributed by atoms with E-state index in [9.17, 15) is 15.2 Å². The number of nitrogen functional groups attached to an aromatic ring is 1. The van der Waals surface area contributed by atoms with Gasteiger partial charge in [-0.25, -0.2) is 0 Å². The number of anilines is 1. The number of hydrogen-bond acceptors (Lipinski definition) is 4. The van der Waals surface area contributed by atoms with Gasteiger partial charge >= 0.3 is 0 Å². The number of hydrogen-bond donors (Lipinski definition) is 2. The molecule has 0 aliphatic heterocycles. The van der Waals surface area contributed by atoms with Gasteiger partial charge in [0, 0.05) is 6.07 Å². The molecule has 0 unspecified atom stereocenters. The largest absolute Gasteiger partial charge is 0.508 e. The van der Waals surface area contributed by atoms with Gasteiger partial charge in [-0.3, -0.25) is 10.1 Å². The molecule has 0 atom stereocenters. The second-order valence-corrected chi connectivity index (χ2v) is 12.8. The van der Waals surface area contributed by atoms with Crippen molar-refractivity contribution in [1.82, 2.24) is 0 Å². The van der Waals surface area contributed by atoms with Crippen LogP contribution in [0.3, 0.4) is 0 Å². The predicted molar refractivity (Wildman–Crippen MR) is 140 cm³/mol. The van der Waals surface area contributed by atoms with Crippen molar-refractivity contribution in [3.63, 3.8) is 0 Å². The Balaban J connectivity index is 0.000000451. The summed E-state index contributed by atoms with van der Waals surface area (Å²) >= 11 is 0. The van der Waals surface area contributed by atoms with Crippen LogP contribution in [0.2, 0.25) is 0 Å². The number of nitro groups is 1. The van der Waals surface area contributed by atoms with Crippen LogP contribution in [0.25, 0.3) is 0 Å². The minimum absolute atomic E-state index is 0.0394. The number of rotatable bonds is 5. The van der Waals surface area contributed by atoms with Crippen molar-refractivity contribution < 1.29 is 10.0 Å². The number of nitrogens with zero attached hydrogens (tertiary/aromatic N) is 1. The molecular formula is C28H44N2O3. The summed E-state index contributed by atoms with van der Waals surface area (Å²) in [5, 5.41) is 20.6. The molecule has 0 aliphatic rings. The van der Waals surface area contributed by atoms with Gasteiger partial charge in [0.05, 0.1) is 4.92 Å². The lowest BCUT2D eigenvalue weighted by molar-refractivity contribution is -0.383. The summed E-state index contributed by atoms with van der Waals surface area (Å²) in [6, 6.07) is 12.3. The van der Waals surface area contributed by atoms with Crippen molar-refractivity contribution in [2.45, 2.75) is 92.9 Å². The summed E-state index contributed by atoms with van der Waals surface area (Å²) in [6.07, 6.45) is 2.15. The molecule has 0 aromatic heterocycles. The number of phenols is 1. The lowest BCUT2D eigenvalue weighted by Crippen LogP contribution is -2.27. The van der Waals surface area contributed by atoms with E-state index in [2.05, 4.69) is 81.4 Å². The minimum atomic E-state index is -0.505. The highest BCUT2D eigenvalue weighted by atomic mass is 16.6. The number of benzene rings is 2. The SMILES string of the molecule is CC(C)(C)CC(C)(C)c1ccc(O)c(C(C)(C)CC(C)(C)C)c1.Nc1ccccc1[N+](=O)[O-]. The molecule has 0 aliphatic carbocycles. The highest BCUT2D eigenvalue weighted by Gasteiger charge is 2.32. The molecular weight excluding hydrogens is 412 g/mol. The Labute approximate surface area is 200 Å². The first-order chi connectivity index (χ1) is 14.8. The van der Waals surface area contributed by atoms with Crippen LogP contribution in [0.5, 0.6) is 5.75 Å². The molecule has 0 saturated heterocycles. The van der Waals surface area contributed by atoms with Gasteiger partial charge in [0.25, 0.3) is 5.69 Å². The van der Waals surface area contributed by atoms with Crippen LogP contribution in [0, 0.1) is 20.9 Å². The van der Waals surface area contributed by atoms with E-state index in [1.807, 2.05) is 6.07 Å². The van der Waals surface area contributed by atoms with E-state index < -0.39 is 4.92 Å².